The molecule has 2 aromatic carbocycles. The van der Waals surface area contributed by atoms with Gasteiger partial charge in [-0.2, -0.15) is 0 Å². The van der Waals surface area contributed by atoms with E-state index in [1.165, 1.54) is 40.9 Å². The summed E-state index contributed by atoms with van der Waals surface area (Å²) in [7, 11) is 0. The molecular formula is C23H23N3O2S2. The Bertz CT molecular complexity index is 1120. The van der Waals surface area contributed by atoms with E-state index in [1.807, 2.05) is 0 Å². The highest BCUT2D eigenvalue weighted by Gasteiger charge is 2.26. The van der Waals surface area contributed by atoms with Crippen molar-refractivity contribution in [1.82, 2.24) is 9.97 Å². The molecule has 2 N–H and O–H groups in total. The first kappa shape index (κ1) is 19.7. The van der Waals surface area contributed by atoms with Crippen LogP contribution in [0.25, 0.3) is 10.8 Å². The zero-order valence-electron chi connectivity index (χ0n) is 16.6. The van der Waals surface area contributed by atoms with Crippen molar-refractivity contribution in [3.8, 4) is 0 Å². The summed E-state index contributed by atoms with van der Waals surface area (Å²) in [6.07, 6.45) is 4.31. The van der Waals surface area contributed by atoms with Gasteiger partial charge in [0.2, 0.25) is 0 Å². The number of thioether (sulfide) groups is 2. The minimum absolute atomic E-state index is 0.179. The van der Waals surface area contributed by atoms with Crippen molar-refractivity contribution in [1.29, 1.82) is 0 Å². The molecule has 2 heterocycles. The van der Waals surface area contributed by atoms with Crippen LogP contribution in [0.4, 0.5) is 11.5 Å². The number of carbonyl (C=O) groups is 1. The molecule has 5 nitrogen and oxygen atoms in total. The highest BCUT2D eigenvalue weighted by atomic mass is 32.2. The number of aromatic nitrogens is 2. The number of carboxylic acid groups (broad SMARTS) is 1. The molecular weight excluding hydrogens is 414 g/mol. The van der Waals surface area contributed by atoms with Gasteiger partial charge >= 0.3 is 5.97 Å². The third-order valence-electron chi connectivity index (χ3n) is 5.49. The van der Waals surface area contributed by atoms with E-state index in [2.05, 4.69) is 41.7 Å². The Morgan fingerprint density at radius 2 is 2.00 bits per heavy atom. The van der Waals surface area contributed by atoms with E-state index in [0.717, 1.165) is 39.4 Å². The summed E-state index contributed by atoms with van der Waals surface area (Å²) < 4.78 is 0. The molecule has 0 saturated heterocycles. The molecule has 3 aromatic rings. The summed E-state index contributed by atoms with van der Waals surface area (Å²) in [6.45, 7) is 0. The van der Waals surface area contributed by atoms with Crippen molar-refractivity contribution >= 4 is 51.8 Å². The lowest BCUT2D eigenvalue weighted by atomic mass is 9.99. The van der Waals surface area contributed by atoms with E-state index in [-0.39, 0.29) is 6.42 Å². The summed E-state index contributed by atoms with van der Waals surface area (Å²) in [6, 6.07) is 13.0. The van der Waals surface area contributed by atoms with Crippen molar-refractivity contribution in [2.24, 2.45) is 0 Å². The summed E-state index contributed by atoms with van der Waals surface area (Å²) in [5.74, 6) is 2.54. The molecule has 0 atom stereocenters. The zero-order valence-corrected chi connectivity index (χ0v) is 18.2. The monoisotopic (exact) mass is 437 g/mol. The van der Waals surface area contributed by atoms with Crippen LogP contribution in [0.2, 0.25) is 0 Å². The van der Waals surface area contributed by atoms with Crippen molar-refractivity contribution in [3.05, 3.63) is 47.7 Å². The van der Waals surface area contributed by atoms with Crippen LogP contribution in [0.5, 0.6) is 0 Å². The number of anilines is 2. The number of carboxylic acids is 1. The summed E-state index contributed by atoms with van der Waals surface area (Å²) >= 11 is 3.34. The van der Waals surface area contributed by atoms with Crippen LogP contribution in [-0.4, -0.2) is 32.5 Å². The summed E-state index contributed by atoms with van der Waals surface area (Å²) in [5.41, 5.74) is 3.62. The van der Waals surface area contributed by atoms with Gasteiger partial charge in [-0.1, -0.05) is 42.1 Å². The number of benzene rings is 2. The molecule has 1 saturated carbocycles. The van der Waals surface area contributed by atoms with Crippen molar-refractivity contribution in [2.75, 3.05) is 16.8 Å². The van der Waals surface area contributed by atoms with E-state index >= 15 is 0 Å². The lowest BCUT2D eigenvalue weighted by Gasteiger charge is -2.15. The number of hydrogen-bond acceptors (Lipinski definition) is 6. The fraction of sp³-hybridized carbons (Fsp3) is 0.348. The smallest absolute Gasteiger partial charge is 0.303 e. The second-order valence-electron chi connectivity index (χ2n) is 7.72. The third-order valence-corrected chi connectivity index (χ3v) is 7.55. The van der Waals surface area contributed by atoms with Gasteiger partial charge in [0.15, 0.2) is 5.16 Å². The van der Waals surface area contributed by atoms with Crippen molar-refractivity contribution in [2.45, 2.75) is 48.1 Å². The number of hydrogen-bond donors (Lipinski definition) is 2. The molecule has 0 amide bonds. The van der Waals surface area contributed by atoms with Crippen LogP contribution in [-0.2, 0) is 11.2 Å². The van der Waals surface area contributed by atoms with Crippen LogP contribution >= 0.6 is 23.5 Å². The van der Waals surface area contributed by atoms with E-state index in [1.54, 1.807) is 11.8 Å². The van der Waals surface area contributed by atoms with Gasteiger partial charge in [-0.05, 0) is 42.2 Å². The molecule has 1 aliphatic heterocycles. The third kappa shape index (κ3) is 4.14. The maximum atomic E-state index is 10.7. The zero-order chi connectivity index (χ0) is 20.5. The molecule has 0 bridgehead atoms. The number of nitrogens with zero attached hydrogens (tertiary/aromatic N) is 2. The van der Waals surface area contributed by atoms with Crippen LogP contribution in [0.1, 0.15) is 42.9 Å². The normalized spacial score (nSPS) is 15.3. The van der Waals surface area contributed by atoms with Crippen LogP contribution in [0.3, 0.4) is 0 Å². The highest BCUT2D eigenvalue weighted by Crippen LogP contribution is 2.45. The predicted octanol–water partition coefficient (Wildman–Crippen LogP) is 5.86. The number of aryl methyl sites for hydroxylation is 1. The van der Waals surface area contributed by atoms with Gasteiger partial charge in [-0.25, -0.2) is 9.97 Å². The Morgan fingerprint density at radius 3 is 2.80 bits per heavy atom. The Hall–Kier alpha value is -2.25. The molecule has 2 aliphatic rings. The molecule has 1 aliphatic carbocycles. The van der Waals surface area contributed by atoms with Crippen molar-refractivity contribution in [3.63, 3.8) is 0 Å². The number of nitrogens with one attached hydrogen (secondary N) is 1. The number of rotatable bonds is 8. The minimum Gasteiger partial charge on any atom is -0.481 e. The molecule has 30 heavy (non-hydrogen) atoms. The van der Waals surface area contributed by atoms with Gasteiger partial charge in [-0.15, -0.1) is 11.8 Å². The van der Waals surface area contributed by atoms with Gasteiger partial charge in [0.05, 0.1) is 10.6 Å². The first-order valence-corrected chi connectivity index (χ1v) is 12.3. The van der Waals surface area contributed by atoms with Gasteiger partial charge in [0, 0.05) is 35.4 Å². The predicted molar refractivity (Wildman–Crippen MR) is 123 cm³/mol. The average Bonchev–Trinajstić information content (AvgIpc) is 3.48. The van der Waals surface area contributed by atoms with E-state index in [4.69, 9.17) is 15.1 Å². The molecule has 1 fully saturated rings. The topological polar surface area (TPSA) is 75.1 Å². The molecule has 7 heteroatoms. The Morgan fingerprint density at radius 1 is 1.17 bits per heavy atom. The Labute approximate surface area is 184 Å². The van der Waals surface area contributed by atoms with Crippen LogP contribution in [0, 0.1) is 0 Å². The summed E-state index contributed by atoms with van der Waals surface area (Å²) in [5, 5.41) is 15.7. The Balaban J connectivity index is 1.44. The molecule has 154 valence electrons. The van der Waals surface area contributed by atoms with Crippen LogP contribution < -0.4 is 5.32 Å². The summed E-state index contributed by atoms with van der Waals surface area (Å²) in [4.78, 5) is 21.4. The molecule has 0 unspecified atom stereocenters. The number of aliphatic carboxylic acids is 1. The molecule has 1 aromatic heterocycles. The van der Waals surface area contributed by atoms with E-state index in [9.17, 15) is 4.79 Å². The Kier molecular flexibility index (Phi) is 5.56. The molecule has 5 rings (SSSR count). The van der Waals surface area contributed by atoms with Gasteiger partial charge in [0.25, 0.3) is 0 Å². The maximum Gasteiger partial charge on any atom is 0.303 e. The lowest BCUT2D eigenvalue weighted by molar-refractivity contribution is -0.137. The maximum absolute atomic E-state index is 10.7. The lowest BCUT2D eigenvalue weighted by Crippen LogP contribution is -2.03. The van der Waals surface area contributed by atoms with Crippen molar-refractivity contribution < 1.29 is 9.90 Å². The number of fused-ring (bicyclic) bond motifs is 2. The SMILES string of the molecule is O=C(O)CCCSc1nc2c(c(Nc3ccc(C4CC4)c4ccccc34)n1)SCC2. The first-order valence-electron chi connectivity index (χ1n) is 10.4. The van der Waals surface area contributed by atoms with E-state index < -0.39 is 5.97 Å². The van der Waals surface area contributed by atoms with E-state index in [0.29, 0.717) is 18.1 Å². The van der Waals surface area contributed by atoms with Gasteiger partial charge in [-0.3, -0.25) is 4.79 Å². The minimum atomic E-state index is -0.759. The first-order chi connectivity index (χ1) is 14.7. The molecule has 0 radical (unpaired) electrons. The van der Waals surface area contributed by atoms with Crippen LogP contribution in [0.15, 0.2) is 46.5 Å². The largest absolute Gasteiger partial charge is 0.481 e. The second-order valence-corrected chi connectivity index (χ2v) is 9.89. The average molecular weight is 438 g/mol. The standard InChI is InChI=1S/C23H23N3O2S2/c27-20(28)6-3-12-30-23-25-19-11-13-29-21(19)22(26-23)24-18-10-9-15(14-7-8-14)16-4-1-2-5-17(16)18/h1-2,4-5,9-10,14H,3,6-8,11-13H2,(H,27,28)(H,24,25,26). The highest BCUT2D eigenvalue weighted by molar-refractivity contribution is 8.00. The van der Waals surface area contributed by atoms with Gasteiger partial charge in [0.1, 0.15) is 5.82 Å². The second kappa shape index (κ2) is 8.47. The van der Waals surface area contributed by atoms with Gasteiger partial charge < -0.3 is 10.4 Å². The fourth-order valence-electron chi connectivity index (χ4n) is 3.89. The quantitative estimate of drug-likeness (QED) is 0.260. The fourth-order valence-corrected chi connectivity index (χ4v) is 5.74. The molecule has 0 spiro atoms.